The average molecular weight is 483 g/mol. The molecule has 0 spiro atoms. The molecular weight excluding hydrogens is 440 g/mol. The monoisotopic (exact) mass is 482 g/mol. The third kappa shape index (κ3) is 7.48. The SMILES string of the molecule is CCCCCC(CC(=O)Nc1cc(C(=O)NC)c(C)cc1C(C)(C)C)c1ccc(OC)cc1OC. The van der Waals surface area contributed by atoms with E-state index in [9.17, 15) is 9.59 Å². The summed E-state index contributed by atoms with van der Waals surface area (Å²) in [4.78, 5) is 25.8. The van der Waals surface area contributed by atoms with Crippen molar-refractivity contribution in [3.05, 3.63) is 52.6 Å². The Morgan fingerprint density at radius 2 is 1.74 bits per heavy atom. The summed E-state index contributed by atoms with van der Waals surface area (Å²) < 4.78 is 11.0. The molecule has 0 bridgehead atoms. The number of ether oxygens (including phenoxy) is 2. The van der Waals surface area contributed by atoms with Gasteiger partial charge in [-0.1, -0.05) is 59.1 Å². The molecule has 192 valence electrons. The van der Waals surface area contributed by atoms with Gasteiger partial charge in [0.1, 0.15) is 11.5 Å². The highest BCUT2D eigenvalue weighted by atomic mass is 16.5. The summed E-state index contributed by atoms with van der Waals surface area (Å²) in [6.45, 7) is 10.4. The molecule has 1 atom stereocenters. The summed E-state index contributed by atoms with van der Waals surface area (Å²) in [5, 5.41) is 5.82. The lowest BCUT2D eigenvalue weighted by molar-refractivity contribution is -0.116. The Balaban J connectivity index is 2.40. The number of benzene rings is 2. The van der Waals surface area contributed by atoms with Gasteiger partial charge < -0.3 is 20.1 Å². The van der Waals surface area contributed by atoms with Crippen LogP contribution in [0.4, 0.5) is 5.69 Å². The van der Waals surface area contributed by atoms with E-state index >= 15 is 0 Å². The molecule has 0 saturated carbocycles. The third-order valence-electron chi connectivity index (χ3n) is 6.39. The molecule has 2 rings (SSSR count). The zero-order valence-corrected chi connectivity index (χ0v) is 22.6. The van der Waals surface area contributed by atoms with Crippen LogP contribution in [-0.4, -0.2) is 33.1 Å². The Morgan fingerprint density at radius 3 is 2.31 bits per heavy atom. The van der Waals surface area contributed by atoms with Crippen molar-refractivity contribution in [3.8, 4) is 11.5 Å². The van der Waals surface area contributed by atoms with E-state index in [1.807, 2.05) is 31.2 Å². The van der Waals surface area contributed by atoms with Crippen LogP contribution in [0, 0.1) is 6.92 Å². The van der Waals surface area contributed by atoms with Crippen molar-refractivity contribution in [1.82, 2.24) is 5.32 Å². The van der Waals surface area contributed by atoms with Crippen LogP contribution in [0.1, 0.15) is 92.8 Å². The summed E-state index contributed by atoms with van der Waals surface area (Å²) in [6.07, 6.45) is 4.45. The number of carbonyl (C=O) groups excluding carboxylic acids is 2. The summed E-state index contributed by atoms with van der Waals surface area (Å²) in [5.74, 6) is 1.20. The molecule has 1 unspecified atom stereocenters. The second-order valence-corrected chi connectivity index (χ2v) is 10.1. The Kier molecular flexibility index (Phi) is 10.2. The quantitative estimate of drug-likeness (QED) is 0.365. The van der Waals surface area contributed by atoms with Gasteiger partial charge in [-0.25, -0.2) is 0 Å². The summed E-state index contributed by atoms with van der Waals surface area (Å²) in [6, 6.07) is 9.58. The van der Waals surface area contributed by atoms with Crippen molar-refractivity contribution in [1.29, 1.82) is 0 Å². The van der Waals surface area contributed by atoms with E-state index < -0.39 is 0 Å². The Hall–Kier alpha value is -3.02. The number of nitrogens with one attached hydrogen (secondary N) is 2. The number of methoxy groups -OCH3 is 2. The van der Waals surface area contributed by atoms with Crippen molar-refractivity contribution in [2.75, 3.05) is 26.6 Å². The molecule has 0 aliphatic heterocycles. The topological polar surface area (TPSA) is 76.7 Å². The normalized spacial score (nSPS) is 12.1. The lowest BCUT2D eigenvalue weighted by atomic mass is 9.83. The molecule has 0 fully saturated rings. The highest BCUT2D eigenvalue weighted by Gasteiger charge is 2.25. The molecule has 2 amide bonds. The first-order chi connectivity index (χ1) is 16.5. The molecule has 35 heavy (non-hydrogen) atoms. The molecule has 0 aliphatic rings. The van der Waals surface area contributed by atoms with Crippen LogP contribution < -0.4 is 20.1 Å². The fourth-order valence-electron chi connectivity index (χ4n) is 4.40. The number of hydrogen-bond donors (Lipinski definition) is 2. The lowest BCUT2D eigenvalue weighted by Crippen LogP contribution is -2.24. The van der Waals surface area contributed by atoms with Crippen molar-refractivity contribution >= 4 is 17.5 Å². The number of aryl methyl sites for hydroxylation is 1. The van der Waals surface area contributed by atoms with Crippen molar-refractivity contribution in [2.24, 2.45) is 0 Å². The Morgan fingerprint density at radius 1 is 1.03 bits per heavy atom. The molecular formula is C29H42N2O4. The van der Waals surface area contributed by atoms with Gasteiger partial charge in [0.05, 0.1) is 14.2 Å². The Labute approximate surface area is 210 Å². The zero-order chi connectivity index (χ0) is 26.2. The number of anilines is 1. The summed E-state index contributed by atoms with van der Waals surface area (Å²) in [7, 11) is 4.88. The first-order valence-electron chi connectivity index (χ1n) is 12.4. The van der Waals surface area contributed by atoms with Crippen molar-refractivity contribution < 1.29 is 19.1 Å². The number of unbranched alkanes of at least 4 members (excludes halogenated alkanes) is 2. The predicted octanol–water partition coefficient (Wildman–Crippen LogP) is 6.36. The van der Waals surface area contributed by atoms with Crippen LogP contribution in [0.3, 0.4) is 0 Å². The molecule has 2 N–H and O–H groups in total. The average Bonchev–Trinajstić information content (AvgIpc) is 2.82. The second kappa shape index (κ2) is 12.6. The summed E-state index contributed by atoms with van der Waals surface area (Å²) >= 11 is 0. The minimum atomic E-state index is -0.200. The molecule has 6 nitrogen and oxygen atoms in total. The van der Waals surface area contributed by atoms with Gasteiger partial charge in [0.15, 0.2) is 0 Å². The van der Waals surface area contributed by atoms with Gasteiger partial charge in [-0.05, 0) is 53.5 Å². The third-order valence-corrected chi connectivity index (χ3v) is 6.39. The highest BCUT2D eigenvalue weighted by Crippen LogP contribution is 2.37. The fourth-order valence-corrected chi connectivity index (χ4v) is 4.40. The van der Waals surface area contributed by atoms with E-state index in [1.54, 1.807) is 27.3 Å². The van der Waals surface area contributed by atoms with Crippen LogP contribution in [0.25, 0.3) is 0 Å². The summed E-state index contributed by atoms with van der Waals surface area (Å²) in [5.41, 5.74) is 3.93. The van der Waals surface area contributed by atoms with E-state index in [0.29, 0.717) is 17.7 Å². The Bertz CT molecular complexity index is 1020. The molecule has 0 saturated heterocycles. The molecule has 0 radical (unpaired) electrons. The van der Waals surface area contributed by atoms with Crippen molar-refractivity contribution in [2.45, 2.75) is 78.1 Å². The standard InChI is InChI=1S/C29H42N2O4/c1-9-10-11-12-20(22-14-13-21(34-7)17-26(22)35-8)16-27(32)31-25-18-23(28(33)30-6)19(2)15-24(25)29(3,4)5/h13-15,17-18,20H,9-12,16H2,1-8H3,(H,30,33)(H,31,32). The number of rotatable bonds is 11. The maximum absolute atomic E-state index is 13.4. The number of carbonyl (C=O) groups is 2. The van der Waals surface area contributed by atoms with Gasteiger partial charge in [0.2, 0.25) is 5.91 Å². The maximum Gasteiger partial charge on any atom is 0.251 e. The van der Waals surface area contributed by atoms with Crippen LogP contribution in [0.15, 0.2) is 30.3 Å². The van der Waals surface area contributed by atoms with E-state index in [4.69, 9.17) is 9.47 Å². The minimum absolute atomic E-state index is 0.00403. The van der Waals surface area contributed by atoms with Crippen LogP contribution in [0.5, 0.6) is 11.5 Å². The van der Waals surface area contributed by atoms with E-state index in [2.05, 4.69) is 38.3 Å². The van der Waals surface area contributed by atoms with Gasteiger partial charge in [-0.3, -0.25) is 9.59 Å². The van der Waals surface area contributed by atoms with Crippen LogP contribution in [-0.2, 0) is 10.2 Å². The van der Waals surface area contributed by atoms with Crippen LogP contribution in [0.2, 0.25) is 0 Å². The molecule has 2 aromatic rings. The van der Waals surface area contributed by atoms with Gasteiger partial charge in [-0.15, -0.1) is 0 Å². The molecule has 6 heteroatoms. The molecule has 0 aromatic heterocycles. The van der Waals surface area contributed by atoms with Gasteiger partial charge in [-0.2, -0.15) is 0 Å². The maximum atomic E-state index is 13.4. The minimum Gasteiger partial charge on any atom is -0.497 e. The predicted molar refractivity (Wildman–Crippen MR) is 143 cm³/mol. The van der Waals surface area contributed by atoms with E-state index in [0.717, 1.165) is 53.9 Å². The molecule has 0 aliphatic carbocycles. The van der Waals surface area contributed by atoms with E-state index in [1.165, 1.54) is 0 Å². The van der Waals surface area contributed by atoms with Gasteiger partial charge >= 0.3 is 0 Å². The van der Waals surface area contributed by atoms with Gasteiger partial charge in [0, 0.05) is 30.8 Å². The first-order valence-corrected chi connectivity index (χ1v) is 12.4. The number of hydrogen-bond acceptors (Lipinski definition) is 4. The molecule has 2 aromatic carbocycles. The van der Waals surface area contributed by atoms with E-state index in [-0.39, 0.29) is 23.1 Å². The first kappa shape index (κ1) is 28.2. The van der Waals surface area contributed by atoms with Gasteiger partial charge in [0.25, 0.3) is 5.91 Å². The second-order valence-electron chi connectivity index (χ2n) is 10.1. The van der Waals surface area contributed by atoms with Crippen molar-refractivity contribution in [3.63, 3.8) is 0 Å². The fraction of sp³-hybridized carbons (Fsp3) is 0.517. The smallest absolute Gasteiger partial charge is 0.251 e. The highest BCUT2D eigenvalue weighted by molar-refractivity contribution is 5.99. The molecule has 0 heterocycles. The lowest BCUT2D eigenvalue weighted by Gasteiger charge is -2.26. The largest absolute Gasteiger partial charge is 0.497 e. The zero-order valence-electron chi connectivity index (χ0n) is 22.6. The number of amides is 2. The van der Waals surface area contributed by atoms with Crippen LogP contribution >= 0.6 is 0 Å².